The fourth-order valence-electron chi connectivity index (χ4n) is 4.75. The summed E-state index contributed by atoms with van der Waals surface area (Å²) in [5.41, 5.74) is 0.377. The lowest BCUT2D eigenvalue weighted by molar-refractivity contribution is -0.219. The topological polar surface area (TPSA) is 87.7 Å². The number of likely N-dealkylation sites (tertiary alicyclic amines) is 1. The van der Waals surface area contributed by atoms with Crippen LogP contribution in [0.25, 0.3) is 0 Å². The van der Waals surface area contributed by atoms with E-state index < -0.39 is 5.60 Å². The molecule has 3 fully saturated rings. The molecule has 0 spiro atoms. The van der Waals surface area contributed by atoms with E-state index >= 15 is 0 Å². The van der Waals surface area contributed by atoms with Gasteiger partial charge in [0.05, 0.1) is 25.0 Å². The summed E-state index contributed by atoms with van der Waals surface area (Å²) in [6, 6.07) is 0.0922. The van der Waals surface area contributed by atoms with Crippen molar-refractivity contribution in [1.82, 2.24) is 15.1 Å². The minimum Gasteiger partial charge on any atom is -0.389 e. The van der Waals surface area contributed by atoms with Gasteiger partial charge >= 0.3 is 0 Å². The van der Waals surface area contributed by atoms with Crippen LogP contribution in [0.15, 0.2) is 12.4 Å². The molecule has 0 aliphatic carbocycles. The van der Waals surface area contributed by atoms with Gasteiger partial charge in [0.25, 0.3) is 0 Å². The van der Waals surface area contributed by atoms with Gasteiger partial charge in [0, 0.05) is 56.7 Å². The standard InChI is InChI=1S/C18H27N3O4/c22-17(3-1-2-13-8-19-20-9-13)21-10-14-11-25-7-5-18(14,23)15-12-24-6-4-16(15)21/h8-9,14-16,23H,1-7,10-12H2,(H,19,20)/t14-,15+,16-,18-/m0/s1. The lowest BCUT2D eigenvalue weighted by Crippen LogP contribution is -2.68. The van der Waals surface area contributed by atoms with Crippen LogP contribution in [0, 0.1) is 11.8 Å². The summed E-state index contributed by atoms with van der Waals surface area (Å²) >= 11 is 0. The average Bonchev–Trinajstić information content (AvgIpc) is 3.14. The van der Waals surface area contributed by atoms with E-state index in [-0.39, 0.29) is 23.8 Å². The Balaban J connectivity index is 1.43. The van der Waals surface area contributed by atoms with E-state index in [2.05, 4.69) is 10.2 Å². The first-order chi connectivity index (χ1) is 12.2. The van der Waals surface area contributed by atoms with Gasteiger partial charge in [-0.05, 0) is 24.8 Å². The number of hydrogen-bond acceptors (Lipinski definition) is 5. The number of nitrogens with one attached hydrogen (secondary N) is 1. The van der Waals surface area contributed by atoms with Crippen LogP contribution in [0.3, 0.4) is 0 Å². The number of amides is 1. The summed E-state index contributed by atoms with van der Waals surface area (Å²) < 4.78 is 11.3. The summed E-state index contributed by atoms with van der Waals surface area (Å²) in [5, 5.41) is 18.0. The minimum absolute atomic E-state index is 0.00160. The molecular weight excluding hydrogens is 322 g/mol. The highest BCUT2D eigenvalue weighted by atomic mass is 16.5. The van der Waals surface area contributed by atoms with Crippen molar-refractivity contribution in [1.29, 1.82) is 0 Å². The van der Waals surface area contributed by atoms with Gasteiger partial charge in [-0.15, -0.1) is 0 Å². The predicted octanol–water partition coefficient (Wildman–Crippen LogP) is 0.747. The Kier molecular flexibility index (Phi) is 4.80. The zero-order valence-corrected chi connectivity index (χ0v) is 14.5. The minimum atomic E-state index is -0.753. The van der Waals surface area contributed by atoms with Crippen LogP contribution in [0.2, 0.25) is 0 Å². The third-order valence-corrected chi connectivity index (χ3v) is 6.18. The van der Waals surface area contributed by atoms with Crippen molar-refractivity contribution in [2.24, 2.45) is 11.8 Å². The number of nitrogens with zero attached hydrogens (tertiary/aromatic N) is 2. The van der Waals surface area contributed by atoms with Crippen LogP contribution >= 0.6 is 0 Å². The van der Waals surface area contributed by atoms with Crippen LogP contribution in [0.1, 0.15) is 31.2 Å². The number of rotatable bonds is 4. The van der Waals surface area contributed by atoms with Gasteiger partial charge in [-0.25, -0.2) is 0 Å². The number of piperidine rings is 1. The number of aromatic amines is 1. The molecule has 1 aromatic rings. The number of aliphatic hydroxyl groups is 1. The molecule has 7 nitrogen and oxygen atoms in total. The van der Waals surface area contributed by atoms with Crippen molar-refractivity contribution < 1.29 is 19.4 Å². The summed E-state index contributed by atoms with van der Waals surface area (Å²) in [6.07, 6.45) is 7.33. The molecule has 0 saturated carbocycles. The van der Waals surface area contributed by atoms with Crippen LogP contribution in [0.5, 0.6) is 0 Å². The number of aromatic nitrogens is 2. The molecule has 4 atom stereocenters. The van der Waals surface area contributed by atoms with E-state index in [1.165, 1.54) is 0 Å². The van der Waals surface area contributed by atoms with Crippen LogP contribution < -0.4 is 0 Å². The second kappa shape index (κ2) is 7.05. The molecule has 4 heterocycles. The molecule has 0 unspecified atom stereocenters. The highest BCUT2D eigenvalue weighted by Crippen LogP contribution is 2.44. The lowest BCUT2D eigenvalue weighted by atomic mass is 9.66. The summed E-state index contributed by atoms with van der Waals surface area (Å²) in [5.74, 6) is 0.178. The molecule has 1 amide bonds. The molecule has 0 aromatic carbocycles. The number of carbonyl (C=O) groups is 1. The number of ether oxygens (including phenoxy) is 2. The Morgan fingerprint density at radius 3 is 3.12 bits per heavy atom. The van der Waals surface area contributed by atoms with E-state index in [0.29, 0.717) is 45.8 Å². The number of hydrogen-bond donors (Lipinski definition) is 2. The van der Waals surface area contributed by atoms with Crippen LogP contribution in [-0.4, -0.2) is 70.7 Å². The second-order valence-corrected chi connectivity index (χ2v) is 7.56. The Bertz CT molecular complexity index is 593. The summed E-state index contributed by atoms with van der Waals surface area (Å²) in [6.45, 7) is 2.92. The van der Waals surface area contributed by atoms with Crippen molar-refractivity contribution in [2.75, 3.05) is 33.0 Å². The molecule has 4 rings (SSSR count). The van der Waals surface area contributed by atoms with Crippen LogP contribution in [0.4, 0.5) is 0 Å². The number of carbonyl (C=O) groups excluding carboxylic acids is 1. The predicted molar refractivity (Wildman–Crippen MR) is 89.8 cm³/mol. The molecule has 3 saturated heterocycles. The molecule has 3 aliphatic rings. The fourth-order valence-corrected chi connectivity index (χ4v) is 4.75. The van der Waals surface area contributed by atoms with Gasteiger partial charge in [-0.2, -0.15) is 5.10 Å². The highest BCUT2D eigenvalue weighted by Gasteiger charge is 2.56. The first-order valence-electron chi connectivity index (χ1n) is 9.33. The molecule has 1 aromatic heterocycles. The van der Waals surface area contributed by atoms with Crippen molar-refractivity contribution in [3.05, 3.63) is 18.0 Å². The Morgan fingerprint density at radius 2 is 2.28 bits per heavy atom. The largest absolute Gasteiger partial charge is 0.389 e. The van der Waals surface area contributed by atoms with Crippen molar-refractivity contribution in [2.45, 2.75) is 43.7 Å². The van der Waals surface area contributed by atoms with Gasteiger partial charge in [-0.3, -0.25) is 9.89 Å². The molecule has 7 heteroatoms. The zero-order valence-electron chi connectivity index (χ0n) is 14.5. The van der Waals surface area contributed by atoms with Gasteiger partial charge in [0.2, 0.25) is 5.91 Å². The summed E-state index contributed by atoms with van der Waals surface area (Å²) in [4.78, 5) is 14.9. The zero-order chi connectivity index (χ0) is 17.3. The second-order valence-electron chi connectivity index (χ2n) is 7.56. The molecule has 0 bridgehead atoms. The normalized spacial score (nSPS) is 35.1. The van der Waals surface area contributed by atoms with E-state index in [9.17, 15) is 9.90 Å². The maximum absolute atomic E-state index is 12.9. The third kappa shape index (κ3) is 3.20. The van der Waals surface area contributed by atoms with Crippen molar-refractivity contribution in [3.63, 3.8) is 0 Å². The SMILES string of the molecule is O=C(CCCc1cn[nH]c1)N1C[C@H]2COCC[C@@]2(O)[C@@H]2COCC[C@@H]21. The maximum Gasteiger partial charge on any atom is 0.222 e. The van der Waals surface area contributed by atoms with E-state index in [4.69, 9.17) is 9.47 Å². The molecule has 25 heavy (non-hydrogen) atoms. The van der Waals surface area contributed by atoms with E-state index in [0.717, 1.165) is 24.8 Å². The van der Waals surface area contributed by atoms with Gasteiger partial charge in [0.15, 0.2) is 0 Å². The monoisotopic (exact) mass is 349 g/mol. The Morgan fingerprint density at radius 1 is 1.40 bits per heavy atom. The Hall–Kier alpha value is -1.44. The third-order valence-electron chi connectivity index (χ3n) is 6.18. The summed E-state index contributed by atoms with van der Waals surface area (Å²) in [7, 11) is 0. The van der Waals surface area contributed by atoms with Crippen molar-refractivity contribution in [3.8, 4) is 0 Å². The van der Waals surface area contributed by atoms with E-state index in [1.54, 1.807) is 6.20 Å². The Labute approximate surface area is 147 Å². The van der Waals surface area contributed by atoms with Gasteiger partial charge < -0.3 is 19.5 Å². The first-order valence-corrected chi connectivity index (χ1v) is 9.33. The quantitative estimate of drug-likeness (QED) is 0.837. The van der Waals surface area contributed by atoms with Crippen LogP contribution in [-0.2, 0) is 20.7 Å². The van der Waals surface area contributed by atoms with Crippen molar-refractivity contribution >= 4 is 5.91 Å². The molecule has 3 aliphatic heterocycles. The first kappa shape index (κ1) is 17.0. The fraction of sp³-hybridized carbons (Fsp3) is 0.778. The van der Waals surface area contributed by atoms with Gasteiger partial charge in [0.1, 0.15) is 0 Å². The molecule has 2 N–H and O–H groups in total. The number of H-pyrrole nitrogens is 1. The smallest absolute Gasteiger partial charge is 0.222 e. The molecular formula is C18H27N3O4. The van der Waals surface area contributed by atoms with Gasteiger partial charge in [-0.1, -0.05) is 0 Å². The number of fused-ring (bicyclic) bond motifs is 3. The number of aryl methyl sites for hydroxylation is 1. The molecule has 0 radical (unpaired) electrons. The lowest BCUT2D eigenvalue weighted by Gasteiger charge is -2.57. The highest BCUT2D eigenvalue weighted by molar-refractivity contribution is 5.76. The molecule has 138 valence electrons. The van der Waals surface area contributed by atoms with E-state index in [1.807, 2.05) is 11.1 Å². The average molecular weight is 349 g/mol. The maximum atomic E-state index is 12.9.